The van der Waals surface area contributed by atoms with Crippen molar-refractivity contribution in [3.8, 4) is 0 Å². The maximum atomic E-state index is 12.9. The molecule has 0 unspecified atom stereocenters. The first-order chi connectivity index (χ1) is 12.4. The standard InChI is InChI=1S/C19H16F3N3O/c20-19(21,22)14-7-1-2-8-15(14)23-12-10-17(26)25-16-9-3-5-13-6-4-11-24-18(13)16/h1-9,11,23H,10,12H2,(H,25,26). The lowest BCUT2D eigenvalue weighted by Gasteiger charge is -2.14. The molecular formula is C19H16F3N3O. The van der Waals surface area contributed by atoms with Gasteiger partial charge in [0.05, 0.1) is 16.8 Å². The third kappa shape index (κ3) is 4.11. The first-order valence-electron chi connectivity index (χ1n) is 7.99. The Bertz CT molecular complexity index is 920. The normalized spacial score (nSPS) is 11.3. The fourth-order valence-corrected chi connectivity index (χ4v) is 2.61. The van der Waals surface area contributed by atoms with Gasteiger partial charge in [-0.2, -0.15) is 13.2 Å². The number of carbonyl (C=O) groups is 1. The van der Waals surface area contributed by atoms with E-state index in [-0.39, 0.29) is 24.6 Å². The summed E-state index contributed by atoms with van der Waals surface area (Å²) in [5.74, 6) is -0.305. The predicted octanol–water partition coefficient (Wildman–Crippen LogP) is 4.69. The number of anilines is 2. The molecule has 0 saturated carbocycles. The number of halogens is 3. The average Bonchev–Trinajstić information content (AvgIpc) is 2.62. The number of rotatable bonds is 5. The third-order valence-corrected chi connectivity index (χ3v) is 3.81. The summed E-state index contributed by atoms with van der Waals surface area (Å²) in [6, 6.07) is 14.3. The Kier molecular flexibility index (Phi) is 5.06. The van der Waals surface area contributed by atoms with Crippen LogP contribution in [0.3, 0.4) is 0 Å². The maximum absolute atomic E-state index is 12.9. The summed E-state index contributed by atoms with van der Waals surface area (Å²) in [6.07, 6.45) is -2.79. The number of hydrogen-bond donors (Lipinski definition) is 2. The molecule has 7 heteroatoms. The van der Waals surface area contributed by atoms with Crippen molar-refractivity contribution in [2.45, 2.75) is 12.6 Å². The van der Waals surface area contributed by atoms with E-state index in [1.807, 2.05) is 12.1 Å². The molecule has 1 aromatic heterocycles. The van der Waals surface area contributed by atoms with Crippen molar-refractivity contribution in [3.05, 3.63) is 66.4 Å². The minimum Gasteiger partial charge on any atom is -0.384 e. The van der Waals surface area contributed by atoms with E-state index in [0.717, 1.165) is 11.5 Å². The van der Waals surface area contributed by atoms with Gasteiger partial charge in [-0.15, -0.1) is 0 Å². The van der Waals surface area contributed by atoms with Crippen LogP contribution in [0.15, 0.2) is 60.8 Å². The number of hydrogen-bond acceptors (Lipinski definition) is 3. The molecule has 0 saturated heterocycles. The molecular weight excluding hydrogens is 343 g/mol. The summed E-state index contributed by atoms with van der Waals surface area (Å²) in [6.45, 7) is 0.0805. The number of carbonyl (C=O) groups excluding carboxylic acids is 1. The number of aromatic nitrogens is 1. The van der Waals surface area contributed by atoms with Crippen LogP contribution >= 0.6 is 0 Å². The second kappa shape index (κ2) is 7.43. The van der Waals surface area contributed by atoms with E-state index in [4.69, 9.17) is 0 Å². The second-order valence-corrected chi connectivity index (χ2v) is 5.65. The molecule has 4 nitrogen and oxygen atoms in total. The van der Waals surface area contributed by atoms with Crippen molar-refractivity contribution in [1.82, 2.24) is 4.98 Å². The van der Waals surface area contributed by atoms with Gasteiger partial charge in [0.15, 0.2) is 0 Å². The smallest absolute Gasteiger partial charge is 0.384 e. The van der Waals surface area contributed by atoms with Crippen molar-refractivity contribution in [2.24, 2.45) is 0 Å². The molecule has 0 aliphatic carbocycles. The van der Waals surface area contributed by atoms with Gasteiger partial charge in [0.1, 0.15) is 0 Å². The molecule has 26 heavy (non-hydrogen) atoms. The Balaban J connectivity index is 1.62. The molecule has 0 aliphatic heterocycles. The van der Waals surface area contributed by atoms with Gasteiger partial charge < -0.3 is 10.6 Å². The molecule has 134 valence electrons. The molecule has 0 spiro atoms. The molecule has 0 atom stereocenters. The number of fused-ring (bicyclic) bond motifs is 1. The molecule has 0 radical (unpaired) electrons. The zero-order valence-corrected chi connectivity index (χ0v) is 13.7. The molecule has 3 rings (SSSR count). The lowest BCUT2D eigenvalue weighted by atomic mass is 10.1. The van der Waals surface area contributed by atoms with E-state index >= 15 is 0 Å². The molecule has 2 aromatic carbocycles. The van der Waals surface area contributed by atoms with Gasteiger partial charge in [0, 0.05) is 30.2 Å². The molecule has 0 bridgehead atoms. The highest BCUT2D eigenvalue weighted by Crippen LogP contribution is 2.34. The Morgan fingerprint density at radius 3 is 2.50 bits per heavy atom. The van der Waals surface area contributed by atoms with Crippen LogP contribution < -0.4 is 10.6 Å². The number of nitrogens with one attached hydrogen (secondary N) is 2. The minimum atomic E-state index is -4.44. The number of para-hydroxylation sites is 2. The summed E-state index contributed by atoms with van der Waals surface area (Å²) in [5.41, 5.74) is 0.445. The maximum Gasteiger partial charge on any atom is 0.418 e. The summed E-state index contributed by atoms with van der Waals surface area (Å²) >= 11 is 0. The fraction of sp³-hybridized carbons (Fsp3) is 0.158. The zero-order chi connectivity index (χ0) is 18.6. The molecule has 1 heterocycles. The van der Waals surface area contributed by atoms with Gasteiger partial charge >= 0.3 is 6.18 Å². The highest BCUT2D eigenvalue weighted by atomic mass is 19.4. The van der Waals surface area contributed by atoms with E-state index in [1.165, 1.54) is 18.2 Å². The summed E-state index contributed by atoms with van der Waals surface area (Å²) in [7, 11) is 0. The van der Waals surface area contributed by atoms with Crippen LogP contribution in [0.25, 0.3) is 10.9 Å². The van der Waals surface area contributed by atoms with Gasteiger partial charge in [-0.05, 0) is 24.3 Å². The molecule has 2 N–H and O–H groups in total. The minimum absolute atomic E-state index is 0.0232. The van der Waals surface area contributed by atoms with Crippen LogP contribution in [0.5, 0.6) is 0 Å². The van der Waals surface area contributed by atoms with E-state index in [0.29, 0.717) is 11.2 Å². The lowest BCUT2D eigenvalue weighted by molar-refractivity contribution is -0.137. The SMILES string of the molecule is O=C(CCNc1ccccc1C(F)(F)F)Nc1cccc2cccnc12. The number of nitrogens with zero attached hydrogens (tertiary/aromatic N) is 1. The van der Waals surface area contributed by atoms with Gasteiger partial charge in [-0.3, -0.25) is 9.78 Å². The molecule has 1 amide bonds. The Hall–Kier alpha value is -3.09. The summed E-state index contributed by atoms with van der Waals surface area (Å²) < 4.78 is 38.8. The number of benzene rings is 2. The Morgan fingerprint density at radius 1 is 0.962 bits per heavy atom. The Labute approximate surface area is 148 Å². The van der Waals surface area contributed by atoms with Crippen molar-refractivity contribution in [1.29, 1.82) is 0 Å². The summed E-state index contributed by atoms with van der Waals surface area (Å²) in [5, 5.41) is 6.32. The second-order valence-electron chi connectivity index (χ2n) is 5.65. The Morgan fingerprint density at radius 2 is 1.69 bits per heavy atom. The van der Waals surface area contributed by atoms with Gasteiger partial charge in [0.2, 0.25) is 5.91 Å². The van der Waals surface area contributed by atoms with Crippen LogP contribution in [0, 0.1) is 0 Å². The number of alkyl halides is 3. The van der Waals surface area contributed by atoms with Crippen LogP contribution in [0.1, 0.15) is 12.0 Å². The van der Waals surface area contributed by atoms with Crippen molar-refractivity contribution < 1.29 is 18.0 Å². The number of amides is 1. The van der Waals surface area contributed by atoms with Crippen molar-refractivity contribution >= 4 is 28.2 Å². The highest BCUT2D eigenvalue weighted by Gasteiger charge is 2.33. The summed E-state index contributed by atoms with van der Waals surface area (Å²) in [4.78, 5) is 16.4. The van der Waals surface area contributed by atoms with Crippen molar-refractivity contribution in [2.75, 3.05) is 17.2 Å². The highest BCUT2D eigenvalue weighted by molar-refractivity contribution is 6.00. The van der Waals surface area contributed by atoms with Crippen LogP contribution in [-0.2, 0) is 11.0 Å². The van der Waals surface area contributed by atoms with E-state index in [9.17, 15) is 18.0 Å². The van der Waals surface area contributed by atoms with Crippen LogP contribution in [0.4, 0.5) is 24.5 Å². The largest absolute Gasteiger partial charge is 0.418 e. The quantitative estimate of drug-likeness (QED) is 0.695. The first-order valence-corrected chi connectivity index (χ1v) is 7.99. The van der Waals surface area contributed by atoms with E-state index < -0.39 is 11.7 Å². The van der Waals surface area contributed by atoms with Crippen LogP contribution in [0.2, 0.25) is 0 Å². The van der Waals surface area contributed by atoms with E-state index in [2.05, 4.69) is 15.6 Å². The predicted molar refractivity (Wildman–Crippen MR) is 94.9 cm³/mol. The van der Waals surface area contributed by atoms with Crippen LogP contribution in [-0.4, -0.2) is 17.4 Å². The van der Waals surface area contributed by atoms with Gasteiger partial charge in [0.25, 0.3) is 0 Å². The lowest BCUT2D eigenvalue weighted by Crippen LogP contribution is -2.18. The average molecular weight is 359 g/mol. The number of pyridine rings is 1. The first kappa shape index (κ1) is 17.7. The van der Waals surface area contributed by atoms with Crippen molar-refractivity contribution in [3.63, 3.8) is 0 Å². The monoisotopic (exact) mass is 359 g/mol. The zero-order valence-electron chi connectivity index (χ0n) is 13.7. The van der Waals surface area contributed by atoms with E-state index in [1.54, 1.807) is 24.4 Å². The molecule has 0 aliphatic rings. The molecule has 0 fully saturated rings. The topological polar surface area (TPSA) is 54.0 Å². The molecule has 3 aromatic rings. The van der Waals surface area contributed by atoms with Gasteiger partial charge in [-0.25, -0.2) is 0 Å². The van der Waals surface area contributed by atoms with Gasteiger partial charge in [-0.1, -0.05) is 30.3 Å². The fourth-order valence-electron chi connectivity index (χ4n) is 2.61. The third-order valence-electron chi connectivity index (χ3n) is 3.81.